The largest absolute Gasteiger partial charge is 0.507 e. The number of aliphatic hydroxyl groups excluding tert-OH is 2. The van der Waals surface area contributed by atoms with Gasteiger partial charge in [0.25, 0.3) is 0 Å². The molecule has 26 heavy (non-hydrogen) atoms. The van der Waals surface area contributed by atoms with Crippen molar-refractivity contribution in [2.75, 3.05) is 5.32 Å². The number of rotatable bonds is 0. The van der Waals surface area contributed by atoms with Gasteiger partial charge in [-0.15, -0.1) is 0 Å². The molecule has 8 heteroatoms. The Hall–Kier alpha value is -2.45. The van der Waals surface area contributed by atoms with Crippen molar-refractivity contribution in [3.8, 4) is 5.75 Å². The van der Waals surface area contributed by atoms with Gasteiger partial charge in [-0.05, 0) is 44.4 Å². The third kappa shape index (κ3) is 4.80. The second kappa shape index (κ2) is 8.29. The molecule has 0 bridgehead atoms. The van der Waals surface area contributed by atoms with E-state index in [9.17, 15) is 29.7 Å². The minimum Gasteiger partial charge on any atom is -0.507 e. The van der Waals surface area contributed by atoms with Crippen LogP contribution in [0.1, 0.15) is 48.5 Å². The second-order valence-electron chi connectivity index (χ2n) is 6.55. The monoisotopic (exact) mass is 365 g/mol. The van der Waals surface area contributed by atoms with E-state index in [0.29, 0.717) is 18.4 Å². The number of fused-ring (bicyclic) bond motifs is 1. The summed E-state index contributed by atoms with van der Waals surface area (Å²) in [6.45, 7) is 3.31. The van der Waals surface area contributed by atoms with Crippen molar-refractivity contribution in [2.24, 2.45) is 0 Å². The quantitative estimate of drug-likeness (QED) is 0.505. The van der Waals surface area contributed by atoms with Gasteiger partial charge in [0.2, 0.25) is 5.91 Å². The molecule has 0 aliphatic carbocycles. The summed E-state index contributed by atoms with van der Waals surface area (Å²) < 4.78 is 5.29. The number of amides is 1. The minimum atomic E-state index is -1.66. The average molecular weight is 365 g/mol. The molecule has 1 amide bonds. The number of cyclic esters (lactones) is 1. The van der Waals surface area contributed by atoms with E-state index < -0.39 is 42.4 Å². The van der Waals surface area contributed by atoms with Gasteiger partial charge < -0.3 is 25.4 Å². The van der Waals surface area contributed by atoms with Crippen LogP contribution in [0.4, 0.5) is 5.69 Å². The zero-order valence-electron chi connectivity index (χ0n) is 14.7. The molecule has 1 aliphatic heterocycles. The number of carbonyl (C=O) groups excluding carboxylic acids is 3. The summed E-state index contributed by atoms with van der Waals surface area (Å²) in [7, 11) is 0. The van der Waals surface area contributed by atoms with E-state index in [2.05, 4.69) is 5.32 Å². The van der Waals surface area contributed by atoms with Crippen LogP contribution >= 0.6 is 0 Å². The molecule has 1 heterocycles. The molecule has 0 fully saturated rings. The Morgan fingerprint density at radius 2 is 1.88 bits per heavy atom. The van der Waals surface area contributed by atoms with E-state index in [1.165, 1.54) is 12.1 Å². The van der Waals surface area contributed by atoms with Crippen LogP contribution in [-0.4, -0.2) is 51.3 Å². The SMILES string of the molecule is Cc1cc(O)c2c(c1)NC(=O)C[C@@H](O)[C@H](O)C(=O)CCC[C@H](C)OC2=O. The molecule has 1 aromatic rings. The van der Waals surface area contributed by atoms with Crippen LogP contribution in [0.2, 0.25) is 0 Å². The van der Waals surface area contributed by atoms with Crippen molar-refractivity contribution in [3.05, 3.63) is 23.3 Å². The highest BCUT2D eigenvalue weighted by Crippen LogP contribution is 2.29. The first-order chi connectivity index (χ1) is 12.2. The number of benzene rings is 1. The van der Waals surface area contributed by atoms with E-state index >= 15 is 0 Å². The Bertz CT molecular complexity index is 716. The molecule has 0 unspecified atom stereocenters. The highest BCUT2D eigenvalue weighted by atomic mass is 16.5. The highest BCUT2D eigenvalue weighted by Gasteiger charge is 2.28. The topological polar surface area (TPSA) is 133 Å². The number of nitrogens with one attached hydrogen (secondary N) is 1. The number of aromatic hydroxyl groups is 1. The molecule has 0 radical (unpaired) electrons. The maximum Gasteiger partial charge on any atom is 0.344 e. The fraction of sp³-hybridized carbons (Fsp3) is 0.500. The summed E-state index contributed by atoms with van der Waals surface area (Å²) in [6.07, 6.45) is -3.59. The van der Waals surface area contributed by atoms with Crippen LogP contribution in [0.25, 0.3) is 0 Å². The van der Waals surface area contributed by atoms with Crippen molar-refractivity contribution < 1.29 is 34.4 Å². The van der Waals surface area contributed by atoms with E-state index in [1.54, 1.807) is 13.8 Å². The molecule has 1 aliphatic rings. The Morgan fingerprint density at radius 3 is 2.58 bits per heavy atom. The molecule has 0 aromatic heterocycles. The molecule has 0 spiro atoms. The molecule has 1 aromatic carbocycles. The van der Waals surface area contributed by atoms with Crippen molar-refractivity contribution in [1.82, 2.24) is 0 Å². The fourth-order valence-electron chi connectivity index (χ4n) is 2.81. The van der Waals surface area contributed by atoms with Crippen molar-refractivity contribution in [2.45, 2.75) is 57.8 Å². The Morgan fingerprint density at radius 1 is 1.19 bits per heavy atom. The lowest BCUT2D eigenvalue weighted by Crippen LogP contribution is -2.37. The van der Waals surface area contributed by atoms with E-state index in [-0.39, 0.29) is 23.4 Å². The molecule has 0 saturated carbocycles. The Balaban J connectivity index is 2.38. The number of phenols is 1. The third-order valence-corrected chi connectivity index (χ3v) is 4.17. The zero-order chi connectivity index (χ0) is 19.4. The molecular formula is C18H23NO7. The lowest BCUT2D eigenvalue weighted by atomic mass is 10.0. The number of esters is 1. The van der Waals surface area contributed by atoms with Crippen LogP contribution < -0.4 is 5.32 Å². The number of aryl methyl sites for hydroxylation is 1. The number of hydrogen-bond acceptors (Lipinski definition) is 7. The van der Waals surface area contributed by atoms with E-state index in [0.717, 1.165) is 0 Å². The lowest BCUT2D eigenvalue weighted by molar-refractivity contribution is -0.134. The van der Waals surface area contributed by atoms with E-state index in [1.807, 2.05) is 0 Å². The van der Waals surface area contributed by atoms with Gasteiger partial charge in [0.15, 0.2) is 5.78 Å². The number of hydrogen-bond donors (Lipinski definition) is 4. The van der Waals surface area contributed by atoms with Gasteiger partial charge in [-0.25, -0.2) is 4.79 Å². The standard InChI is InChI=1S/C18H23NO7/c1-9-6-11-16(13(21)7-9)18(25)26-10(2)4-3-5-12(20)17(24)14(22)8-15(23)19-11/h6-7,10,14,17,21-22,24H,3-5,8H2,1-2H3,(H,19,23)/t10-,14+,17+/m0/s1. The first-order valence-corrected chi connectivity index (χ1v) is 8.42. The smallest absolute Gasteiger partial charge is 0.344 e. The summed E-state index contributed by atoms with van der Waals surface area (Å²) in [5, 5.41) is 32.3. The molecule has 8 nitrogen and oxygen atoms in total. The molecule has 0 saturated heterocycles. The number of ketones is 1. The zero-order valence-corrected chi connectivity index (χ0v) is 14.7. The predicted octanol–water partition coefficient (Wildman–Crippen LogP) is 1.05. The number of anilines is 1. The van der Waals surface area contributed by atoms with Gasteiger partial charge in [0.1, 0.15) is 17.4 Å². The number of carbonyl (C=O) groups is 3. The van der Waals surface area contributed by atoms with Crippen LogP contribution in [0.5, 0.6) is 5.75 Å². The summed E-state index contributed by atoms with van der Waals surface area (Å²) in [4.78, 5) is 36.4. The predicted molar refractivity (Wildman–Crippen MR) is 91.8 cm³/mol. The number of Topliss-reactive ketones (excluding diaryl/α,β-unsaturated/α-hetero) is 1. The van der Waals surface area contributed by atoms with Crippen LogP contribution in [0.3, 0.4) is 0 Å². The lowest BCUT2D eigenvalue weighted by Gasteiger charge is -2.20. The van der Waals surface area contributed by atoms with E-state index in [4.69, 9.17) is 4.74 Å². The number of phenolic OH excluding ortho intramolecular Hbond substituents is 1. The first kappa shape index (κ1) is 19.9. The molecule has 142 valence electrons. The number of ether oxygens (including phenoxy) is 1. The maximum absolute atomic E-state index is 12.4. The van der Waals surface area contributed by atoms with Gasteiger partial charge in [-0.3, -0.25) is 9.59 Å². The summed E-state index contributed by atoms with van der Waals surface area (Å²) >= 11 is 0. The molecule has 4 N–H and O–H groups in total. The molecule has 2 rings (SSSR count). The summed E-state index contributed by atoms with van der Waals surface area (Å²) in [6, 6.07) is 2.86. The third-order valence-electron chi connectivity index (χ3n) is 4.17. The van der Waals surface area contributed by atoms with Crippen LogP contribution in [0, 0.1) is 6.92 Å². The van der Waals surface area contributed by atoms with Gasteiger partial charge in [-0.2, -0.15) is 0 Å². The van der Waals surface area contributed by atoms with Crippen molar-refractivity contribution in [3.63, 3.8) is 0 Å². The average Bonchev–Trinajstić information content (AvgIpc) is 2.51. The van der Waals surface area contributed by atoms with Gasteiger partial charge in [0.05, 0.1) is 24.3 Å². The van der Waals surface area contributed by atoms with Crippen LogP contribution in [-0.2, 0) is 14.3 Å². The fourth-order valence-corrected chi connectivity index (χ4v) is 2.81. The number of aliphatic hydroxyl groups is 2. The van der Waals surface area contributed by atoms with Gasteiger partial charge in [0, 0.05) is 6.42 Å². The van der Waals surface area contributed by atoms with Crippen molar-refractivity contribution in [1.29, 1.82) is 0 Å². The second-order valence-corrected chi connectivity index (χ2v) is 6.55. The maximum atomic E-state index is 12.4. The van der Waals surface area contributed by atoms with Crippen molar-refractivity contribution >= 4 is 23.3 Å². The molecule has 3 atom stereocenters. The first-order valence-electron chi connectivity index (χ1n) is 8.42. The Kier molecular flexibility index (Phi) is 6.33. The minimum absolute atomic E-state index is 0.0111. The summed E-state index contributed by atoms with van der Waals surface area (Å²) in [5.74, 6) is -2.42. The molecular weight excluding hydrogens is 342 g/mol. The van der Waals surface area contributed by atoms with Gasteiger partial charge >= 0.3 is 5.97 Å². The highest BCUT2D eigenvalue weighted by molar-refractivity contribution is 6.03. The summed E-state index contributed by atoms with van der Waals surface area (Å²) in [5.41, 5.74) is 0.452. The normalized spacial score (nSPS) is 25.7. The van der Waals surface area contributed by atoms with Gasteiger partial charge in [-0.1, -0.05) is 0 Å². The van der Waals surface area contributed by atoms with Crippen LogP contribution in [0.15, 0.2) is 12.1 Å². The Labute approximate surface area is 150 Å².